The number of anilines is 1. The van der Waals surface area contributed by atoms with E-state index >= 15 is 0 Å². The van der Waals surface area contributed by atoms with Gasteiger partial charge in [-0.05, 0) is 25.0 Å². The summed E-state index contributed by atoms with van der Waals surface area (Å²) in [5.74, 6) is -2.10. The molecule has 3 amide bonds. The van der Waals surface area contributed by atoms with Crippen molar-refractivity contribution in [3.8, 4) is 11.3 Å². The number of carboxylic acid groups (broad SMARTS) is 1. The molecule has 12 heteroatoms. The molecule has 3 N–H and O–H groups in total. The number of aliphatic hydroxyl groups excluding tert-OH is 1. The maximum atomic E-state index is 13.5. The van der Waals surface area contributed by atoms with Crippen LogP contribution in [0.2, 0.25) is 0 Å². The Morgan fingerprint density at radius 1 is 1.02 bits per heavy atom. The fourth-order valence-electron chi connectivity index (χ4n) is 4.93. The lowest BCUT2D eigenvalue weighted by atomic mass is 10.1. The lowest BCUT2D eigenvalue weighted by molar-refractivity contribution is -0.138. The summed E-state index contributed by atoms with van der Waals surface area (Å²) in [4.78, 5) is 60.2. The number of piperazine rings is 1. The summed E-state index contributed by atoms with van der Waals surface area (Å²) in [6.45, 7) is 4.33. The predicted octanol–water partition coefficient (Wildman–Crippen LogP) is 2.36. The maximum Gasteiger partial charge on any atom is 0.409 e. The van der Waals surface area contributed by atoms with Gasteiger partial charge in [-0.3, -0.25) is 14.4 Å². The van der Waals surface area contributed by atoms with E-state index in [9.17, 15) is 29.4 Å². The maximum absolute atomic E-state index is 13.5. The third kappa shape index (κ3) is 8.19. The molecule has 1 aromatic carbocycles. The number of nitrogens with one attached hydrogen (secondary N) is 1. The van der Waals surface area contributed by atoms with Crippen LogP contribution in [0.4, 0.5) is 10.5 Å². The molecule has 0 radical (unpaired) electrons. The number of aromatic nitrogens is 1. The minimum Gasteiger partial charge on any atom is -0.481 e. The normalized spacial score (nSPS) is 16.0. The molecule has 12 nitrogen and oxygen atoms in total. The number of carbonyl (C=O) groups is 4. The Balaban J connectivity index is 1.45. The molecule has 0 saturated carbocycles. The summed E-state index contributed by atoms with van der Waals surface area (Å²) >= 11 is 0. The highest BCUT2D eigenvalue weighted by molar-refractivity contribution is 5.97. The van der Waals surface area contributed by atoms with Gasteiger partial charge in [-0.15, -0.1) is 0 Å². The molecule has 3 heterocycles. The third-order valence-corrected chi connectivity index (χ3v) is 7.41. The van der Waals surface area contributed by atoms with E-state index in [-0.39, 0.29) is 44.7 Å². The van der Waals surface area contributed by atoms with Crippen LogP contribution >= 0.6 is 0 Å². The molecule has 1 atom stereocenters. The second-order valence-electron chi connectivity index (χ2n) is 10.6. The molecule has 0 bridgehead atoms. The average molecular weight is 582 g/mol. The summed E-state index contributed by atoms with van der Waals surface area (Å²) in [5.41, 5.74) is 2.16. The number of ether oxygens (including phenoxy) is 1. The van der Waals surface area contributed by atoms with Crippen molar-refractivity contribution in [2.24, 2.45) is 0 Å². The van der Waals surface area contributed by atoms with E-state index in [4.69, 9.17) is 4.74 Å². The van der Waals surface area contributed by atoms with Gasteiger partial charge < -0.3 is 35.0 Å². The highest BCUT2D eigenvalue weighted by atomic mass is 16.6. The number of β-amino-alcohol motifs (C(OH)–C–C–N with tert-alkyl or cyclic N) is 1. The molecule has 0 spiro atoms. The molecule has 2 aliphatic rings. The Morgan fingerprint density at radius 2 is 1.71 bits per heavy atom. The summed E-state index contributed by atoms with van der Waals surface area (Å²) < 4.78 is 5.32. The first kappa shape index (κ1) is 30.8. The summed E-state index contributed by atoms with van der Waals surface area (Å²) in [5, 5.41) is 21.8. The zero-order valence-electron chi connectivity index (χ0n) is 23.9. The number of carboxylic acids is 1. The molecular weight excluding hydrogens is 542 g/mol. The SMILES string of the molecule is CCCCCOC(=O)N1CCN(C(=O)[C@H](CCC(=O)O)NC(=O)c2cc(N3CC(O)C3)cc(-c3ccccc3)n2)CC1. The van der Waals surface area contributed by atoms with Crippen LogP contribution in [0.5, 0.6) is 0 Å². The van der Waals surface area contributed by atoms with Gasteiger partial charge in [0.1, 0.15) is 11.7 Å². The number of amides is 3. The Morgan fingerprint density at radius 3 is 2.36 bits per heavy atom. The molecule has 2 fully saturated rings. The van der Waals surface area contributed by atoms with Crippen LogP contribution in [-0.4, -0.2) is 107 Å². The molecule has 1 aromatic heterocycles. The predicted molar refractivity (Wildman–Crippen MR) is 155 cm³/mol. The summed E-state index contributed by atoms with van der Waals surface area (Å²) in [7, 11) is 0. The van der Waals surface area contributed by atoms with Crippen LogP contribution in [0, 0.1) is 0 Å². The van der Waals surface area contributed by atoms with Gasteiger partial charge in [0.25, 0.3) is 5.91 Å². The minimum absolute atomic E-state index is 0.0801. The van der Waals surface area contributed by atoms with Crippen LogP contribution in [0.1, 0.15) is 49.5 Å². The van der Waals surface area contributed by atoms with Gasteiger partial charge in [0, 0.05) is 56.9 Å². The minimum atomic E-state index is -1.09. The topological polar surface area (TPSA) is 153 Å². The Hall–Kier alpha value is -4.19. The second-order valence-corrected chi connectivity index (χ2v) is 10.6. The molecule has 42 heavy (non-hydrogen) atoms. The highest BCUT2D eigenvalue weighted by Crippen LogP contribution is 2.27. The van der Waals surface area contributed by atoms with Crippen LogP contribution in [0.25, 0.3) is 11.3 Å². The van der Waals surface area contributed by atoms with E-state index in [2.05, 4.69) is 17.2 Å². The van der Waals surface area contributed by atoms with Crippen molar-refractivity contribution in [3.05, 3.63) is 48.2 Å². The van der Waals surface area contributed by atoms with E-state index in [1.807, 2.05) is 41.3 Å². The molecule has 2 aliphatic heterocycles. The number of hydrogen-bond acceptors (Lipinski definition) is 8. The lowest BCUT2D eigenvalue weighted by Gasteiger charge is -2.38. The van der Waals surface area contributed by atoms with E-state index in [0.29, 0.717) is 31.1 Å². The smallest absolute Gasteiger partial charge is 0.409 e. The number of carbonyl (C=O) groups excluding carboxylic acids is 3. The van der Waals surface area contributed by atoms with Crippen molar-refractivity contribution >= 4 is 29.6 Å². The molecular formula is C30H39N5O7. The van der Waals surface area contributed by atoms with Crippen LogP contribution < -0.4 is 10.2 Å². The first-order valence-corrected chi connectivity index (χ1v) is 14.5. The van der Waals surface area contributed by atoms with Gasteiger partial charge in [-0.1, -0.05) is 50.1 Å². The number of rotatable bonds is 12. The van der Waals surface area contributed by atoms with Crippen molar-refractivity contribution < 1.29 is 34.1 Å². The zero-order valence-corrected chi connectivity index (χ0v) is 23.9. The van der Waals surface area contributed by atoms with Crippen LogP contribution in [0.15, 0.2) is 42.5 Å². The quantitative estimate of drug-likeness (QED) is 0.321. The number of aliphatic carboxylic acids is 1. The Labute approximate surface area is 245 Å². The highest BCUT2D eigenvalue weighted by Gasteiger charge is 2.32. The molecule has 226 valence electrons. The largest absolute Gasteiger partial charge is 0.481 e. The van der Waals surface area contributed by atoms with Crippen LogP contribution in [-0.2, 0) is 14.3 Å². The first-order chi connectivity index (χ1) is 20.2. The molecule has 2 saturated heterocycles. The number of benzene rings is 1. The molecule has 0 aliphatic carbocycles. The van der Waals surface area contributed by atoms with Crippen molar-refractivity contribution in [1.29, 1.82) is 0 Å². The van der Waals surface area contributed by atoms with Gasteiger partial charge in [-0.25, -0.2) is 9.78 Å². The Bertz CT molecular complexity index is 1240. The molecule has 4 rings (SSSR count). The van der Waals surface area contributed by atoms with E-state index in [1.54, 1.807) is 11.0 Å². The Kier molecular flexibility index (Phi) is 10.7. The van der Waals surface area contributed by atoms with Gasteiger partial charge >= 0.3 is 12.1 Å². The van der Waals surface area contributed by atoms with Gasteiger partial charge in [0.2, 0.25) is 5.91 Å². The average Bonchev–Trinajstić information content (AvgIpc) is 2.99. The van der Waals surface area contributed by atoms with E-state index in [1.165, 1.54) is 4.90 Å². The number of aliphatic hydroxyl groups is 1. The summed E-state index contributed by atoms with van der Waals surface area (Å²) in [6.07, 6.45) is 1.54. The van der Waals surface area contributed by atoms with Gasteiger partial charge in [0.05, 0.1) is 18.4 Å². The van der Waals surface area contributed by atoms with E-state index < -0.39 is 36.0 Å². The van der Waals surface area contributed by atoms with Crippen LogP contribution in [0.3, 0.4) is 0 Å². The number of hydrogen-bond donors (Lipinski definition) is 3. The second kappa shape index (κ2) is 14.6. The fourth-order valence-corrected chi connectivity index (χ4v) is 4.93. The number of pyridine rings is 1. The van der Waals surface area contributed by atoms with Crippen molar-refractivity contribution in [3.63, 3.8) is 0 Å². The van der Waals surface area contributed by atoms with E-state index in [0.717, 1.165) is 24.8 Å². The van der Waals surface area contributed by atoms with Crippen molar-refractivity contribution in [2.75, 3.05) is 50.8 Å². The fraction of sp³-hybridized carbons (Fsp3) is 0.500. The van der Waals surface area contributed by atoms with Gasteiger partial charge in [-0.2, -0.15) is 0 Å². The lowest BCUT2D eigenvalue weighted by Crippen LogP contribution is -2.56. The zero-order chi connectivity index (χ0) is 30.1. The summed E-state index contributed by atoms with van der Waals surface area (Å²) in [6, 6.07) is 11.7. The monoisotopic (exact) mass is 581 g/mol. The van der Waals surface area contributed by atoms with Crippen molar-refractivity contribution in [2.45, 2.75) is 51.2 Å². The molecule has 2 aromatic rings. The third-order valence-electron chi connectivity index (χ3n) is 7.41. The van der Waals surface area contributed by atoms with Gasteiger partial charge in [0.15, 0.2) is 0 Å². The number of unbranched alkanes of at least 4 members (excludes halogenated alkanes) is 2. The standard InChI is InChI=1S/C30H39N5O7/c1-2-3-7-16-42-30(41)34-14-12-33(13-15-34)29(40)24(10-11-27(37)38)32-28(39)26-18-22(35-19-23(36)20-35)17-25(31-26)21-8-5-4-6-9-21/h4-6,8-9,17-18,23-24,36H,2-3,7,10-16,19-20H2,1H3,(H,32,39)(H,37,38)/t24-/m0/s1. The first-order valence-electron chi connectivity index (χ1n) is 14.5. The number of nitrogens with zero attached hydrogens (tertiary/aromatic N) is 4. The van der Waals surface area contributed by atoms with Crippen molar-refractivity contribution in [1.82, 2.24) is 20.1 Å². The molecule has 0 unspecified atom stereocenters.